The second-order valence-corrected chi connectivity index (χ2v) is 4.62. The van der Waals surface area contributed by atoms with Gasteiger partial charge < -0.3 is 5.32 Å². The first-order valence-electron chi connectivity index (χ1n) is 5.89. The standard InChI is InChI=1S/C15H15ClFN/c1-11(13-7-3-4-8-14(13)16)18-10-12-6-2-5-9-15(12)17/h2-9,11,18H,10H2,1H3/t11-/m1/s1. The number of rotatable bonds is 4. The first kappa shape index (κ1) is 13.1. The molecule has 0 saturated heterocycles. The zero-order valence-corrected chi connectivity index (χ0v) is 10.9. The lowest BCUT2D eigenvalue weighted by atomic mass is 10.1. The van der Waals surface area contributed by atoms with Gasteiger partial charge in [0.25, 0.3) is 0 Å². The molecular formula is C15H15ClFN. The fraction of sp³-hybridized carbons (Fsp3) is 0.200. The Kier molecular flexibility index (Phi) is 4.34. The van der Waals surface area contributed by atoms with Crippen LogP contribution in [-0.2, 0) is 6.54 Å². The van der Waals surface area contributed by atoms with E-state index < -0.39 is 0 Å². The van der Waals surface area contributed by atoms with Crippen molar-refractivity contribution in [2.24, 2.45) is 0 Å². The van der Waals surface area contributed by atoms with E-state index >= 15 is 0 Å². The molecule has 0 aliphatic heterocycles. The molecule has 2 aromatic rings. The highest BCUT2D eigenvalue weighted by Crippen LogP contribution is 2.22. The summed E-state index contributed by atoms with van der Waals surface area (Å²) in [6, 6.07) is 14.5. The van der Waals surface area contributed by atoms with Gasteiger partial charge in [-0.3, -0.25) is 0 Å². The largest absolute Gasteiger partial charge is 0.306 e. The van der Waals surface area contributed by atoms with Gasteiger partial charge in [-0.25, -0.2) is 4.39 Å². The van der Waals surface area contributed by atoms with Crippen LogP contribution in [-0.4, -0.2) is 0 Å². The molecule has 1 atom stereocenters. The SMILES string of the molecule is C[C@@H](NCc1ccccc1F)c1ccccc1Cl. The first-order chi connectivity index (χ1) is 8.68. The predicted octanol–water partition coefficient (Wildman–Crippen LogP) is 4.33. The molecule has 0 aliphatic rings. The summed E-state index contributed by atoms with van der Waals surface area (Å²) in [6.45, 7) is 2.50. The fourth-order valence-electron chi connectivity index (χ4n) is 1.84. The van der Waals surface area contributed by atoms with Crippen molar-refractivity contribution in [3.8, 4) is 0 Å². The van der Waals surface area contributed by atoms with E-state index in [0.29, 0.717) is 12.1 Å². The summed E-state index contributed by atoms with van der Waals surface area (Å²) < 4.78 is 13.5. The average molecular weight is 264 g/mol. The molecule has 0 fully saturated rings. The van der Waals surface area contributed by atoms with Crippen LogP contribution in [0.5, 0.6) is 0 Å². The van der Waals surface area contributed by atoms with Crippen molar-refractivity contribution in [1.29, 1.82) is 0 Å². The lowest BCUT2D eigenvalue weighted by molar-refractivity contribution is 0.544. The summed E-state index contributed by atoms with van der Waals surface area (Å²) in [5, 5.41) is 4.00. The third-order valence-electron chi connectivity index (χ3n) is 2.93. The molecule has 0 unspecified atom stereocenters. The van der Waals surface area contributed by atoms with E-state index in [-0.39, 0.29) is 11.9 Å². The third-order valence-corrected chi connectivity index (χ3v) is 3.27. The smallest absolute Gasteiger partial charge is 0.127 e. The van der Waals surface area contributed by atoms with E-state index in [2.05, 4.69) is 5.32 Å². The Balaban J connectivity index is 2.03. The summed E-state index contributed by atoms with van der Waals surface area (Å²) in [5.74, 6) is -0.184. The highest BCUT2D eigenvalue weighted by molar-refractivity contribution is 6.31. The van der Waals surface area contributed by atoms with Crippen LogP contribution in [0.3, 0.4) is 0 Å². The van der Waals surface area contributed by atoms with Gasteiger partial charge in [0.05, 0.1) is 0 Å². The monoisotopic (exact) mass is 263 g/mol. The van der Waals surface area contributed by atoms with Gasteiger partial charge in [0.2, 0.25) is 0 Å². The molecule has 0 saturated carbocycles. The minimum Gasteiger partial charge on any atom is -0.306 e. The molecular weight excluding hydrogens is 249 g/mol. The van der Waals surface area contributed by atoms with Crippen molar-refractivity contribution >= 4 is 11.6 Å². The number of halogens is 2. The molecule has 0 spiro atoms. The van der Waals surface area contributed by atoms with Crippen molar-refractivity contribution in [2.45, 2.75) is 19.5 Å². The molecule has 2 aromatic carbocycles. The van der Waals surface area contributed by atoms with Crippen LogP contribution in [0.2, 0.25) is 5.02 Å². The minimum absolute atomic E-state index is 0.0818. The van der Waals surface area contributed by atoms with Gasteiger partial charge in [-0.05, 0) is 24.6 Å². The molecule has 0 radical (unpaired) electrons. The van der Waals surface area contributed by atoms with Crippen molar-refractivity contribution < 1.29 is 4.39 Å². The van der Waals surface area contributed by atoms with Gasteiger partial charge in [0.15, 0.2) is 0 Å². The topological polar surface area (TPSA) is 12.0 Å². The molecule has 0 bridgehead atoms. The maximum absolute atomic E-state index is 13.5. The maximum Gasteiger partial charge on any atom is 0.127 e. The highest BCUT2D eigenvalue weighted by atomic mass is 35.5. The van der Waals surface area contributed by atoms with Crippen LogP contribution in [0.25, 0.3) is 0 Å². The van der Waals surface area contributed by atoms with Gasteiger partial charge in [0, 0.05) is 23.2 Å². The van der Waals surface area contributed by atoms with Crippen LogP contribution >= 0.6 is 11.6 Å². The van der Waals surface area contributed by atoms with Gasteiger partial charge >= 0.3 is 0 Å². The quantitative estimate of drug-likeness (QED) is 0.866. The number of hydrogen-bond donors (Lipinski definition) is 1. The van der Waals surface area contributed by atoms with E-state index in [1.165, 1.54) is 6.07 Å². The van der Waals surface area contributed by atoms with Crippen LogP contribution < -0.4 is 5.32 Å². The Labute approximate surface area is 112 Å². The zero-order valence-electron chi connectivity index (χ0n) is 10.2. The molecule has 3 heteroatoms. The first-order valence-corrected chi connectivity index (χ1v) is 6.27. The van der Waals surface area contributed by atoms with Crippen LogP contribution in [0.1, 0.15) is 24.1 Å². The van der Waals surface area contributed by atoms with Crippen molar-refractivity contribution in [1.82, 2.24) is 5.32 Å². The van der Waals surface area contributed by atoms with Crippen molar-refractivity contribution in [3.63, 3.8) is 0 Å². The summed E-state index contributed by atoms with van der Waals surface area (Å²) >= 11 is 6.12. The fourth-order valence-corrected chi connectivity index (χ4v) is 2.14. The molecule has 2 rings (SSSR count). The zero-order chi connectivity index (χ0) is 13.0. The number of hydrogen-bond acceptors (Lipinski definition) is 1. The van der Waals surface area contributed by atoms with E-state index in [4.69, 9.17) is 11.6 Å². The van der Waals surface area contributed by atoms with Crippen LogP contribution in [0.4, 0.5) is 4.39 Å². The Morgan fingerprint density at radius 3 is 2.50 bits per heavy atom. The molecule has 1 nitrogen and oxygen atoms in total. The van der Waals surface area contributed by atoms with Crippen molar-refractivity contribution in [3.05, 3.63) is 70.5 Å². The Bertz CT molecular complexity index is 527. The van der Waals surface area contributed by atoms with Crippen LogP contribution in [0.15, 0.2) is 48.5 Å². The van der Waals surface area contributed by atoms with E-state index in [1.54, 1.807) is 12.1 Å². The summed E-state index contributed by atoms with van der Waals surface area (Å²) in [4.78, 5) is 0. The molecule has 0 aromatic heterocycles. The van der Waals surface area contributed by atoms with Crippen LogP contribution in [0, 0.1) is 5.82 Å². The third kappa shape index (κ3) is 3.09. The maximum atomic E-state index is 13.5. The molecule has 0 aliphatic carbocycles. The van der Waals surface area contributed by atoms with E-state index in [9.17, 15) is 4.39 Å². The summed E-state index contributed by atoms with van der Waals surface area (Å²) in [6.07, 6.45) is 0. The Hall–Kier alpha value is -1.38. The molecule has 0 amide bonds. The second kappa shape index (κ2) is 5.98. The Morgan fingerprint density at radius 2 is 1.78 bits per heavy atom. The van der Waals surface area contributed by atoms with E-state index in [1.807, 2.05) is 37.3 Å². The van der Waals surface area contributed by atoms with E-state index in [0.717, 1.165) is 10.6 Å². The lowest BCUT2D eigenvalue weighted by Gasteiger charge is -2.15. The van der Waals surface area contributed by atoms with Gasteiger partial charge in [0.1, 0.15) is 5.82 Å². The lowest BCUT2D eigenvalue weighted by Crippen LogP contribution is -2.19. The molecule has 18 heavy (non-hydrogen) atoms. The summed E-state index contributed by atoms with van der Waals surface area (Å²) in [7, 11) is 0. The second-order valence-electron chi connectivity index (χ2n) is 4.22. The Morgan fingerprint density at radius 1 is 1.11 bits per heavy atom. The summed E-state index contributed by atoms with van der Waals surface area (Å²) in [5.41, 5.74) is 1.69. The predicted molar refractivity (Wildman–Crippen MR) is 73.1 cm³/mol. The van der Waals surface area contributed by atoms with Gasteiger partial charge in [-0.2, -0.15) is 0 Å². The van der Waals surface area contributed by atoms with Crippen molar-refractivity contribution in [2.75, 3.05) is 0 Å². The number of nitrogens with one attached hydrogen (secondary N) is 1. The average Bonchev–Trinajstić information content (AvgIpc) is 2.38. The highest BCUT2D eigenvalue weighted by Gasteiger charge is 2.09. The van der Waals surface area contributed by atoms with Gasteiger partial charge in [-0.15, -0.1) is 0 Å². The molecule has 0 heterocycles. The molecule has 94 valence electrons. The molecule has 1 N–H and O–H groups in total. The minimum atomic E-state index is -0.184. The normalized spacial score (nSPS) is 12.4. The number of benzene rings is 2. The van der Waals surface area contributed by atoms with Gasteiger partial charge in [-0.1, -0.05) is 48.0 Å².